The van der Waals surface area contributed by atoms with Crippen LogP contribution in [0.2, 0.25) is 0 Å². The second-order valence-corrected chi connectivity index (χ2v) is 10.2. The molecule has 7 saturated carbocycles. The van der Waals surface area contributed by atoms with E-state index in [1.165, 1.54) is 53.8 Å². The van der Waals surface area contributed by atoms with Crippen molar-refractivity contribution in [3.8, 4) is 0 Å². The van der Waals surface area contributed by atoms with Crippen molar-refractivity contribution in [2.75, 3.05) is 0 Å². The molecule has 13 heavy (non-hydrogen) atoms. The molecule has 68 valence electrons. The van der Waals surface area contributed by atoms with Crippen molar-refractivity contribution in [3.05, 3.63) is 0 Å². The van der Waals surface area contributed by atoms with E-state index in [1.54, 1.807) is 0 Å². The monoisotopic (exact) mass is 300 g/mol. The molecule has 0 aromatic heterocycles. The van der Waals surface area contributed by atoms with Gasteiger partial charge in [-0.1, -0.05) is 31.9 Å². The Morgan fingerprint density at radius 2 is 1.15 bits per heavy atom. The minimum absolute atomic E-state index is 0.391. The number of rotatable bonds is 0. The Hall–Kier alpha value is 0.960. The second kappa shape index (κ2) is 1.29. The molecule has 4 atom stereocenters. The van der Waals surface area contributed by atoms with Crippen LogP contribution >= 0.6 is 31.9 Å². The molecule has 4 unspecified atom stereocenters. The first-order valence-electron chi connectivity index (χ1n) is 5.58. The molecule has 1 spiro atoms. The highest BCUT2D eigenvalue weighted by atomic mass is 79.9. The van der Waals surface area contributed by atoms with Gasteiger partial charge >= 0.3 is 0 Å². The zero-order chi connectivity index (χ0) is 8.33. The van der Waals surface area contributed by atoms with Crippen LogP contribution in [-0.4, -0.2) is 3.23 Å². The van der Waals surface area contributed by atoms with Crippen LogP contribution in [0, 0.1) is 52.8 Å². The Kier molecular flexibility index (Phi) is 0.645. The van der Waals surface area contributed by atoms with Crippen molar-refractivity contribution in [2.24, 2.45) is 52.8 Å². The molecule has 0 aromatic carbocycles. The van der Waals surface area contributed by atoms with E-state index in [-0.39, 0.29) is 0 Å². The summed E-state index contributed by atoms with van der Waals surface area (Å²) in [4.78, 5) is 0. The molecular formula is C11H10Br2. The Morgan fingerprint density at radius 1 is 0.769 bits per heavy atom. The zero-order valence-corrected chi connectivity index (χ0v) is 10.3. The molecule has 7 aliphatic carbocycles. The molecule has 0 amide bonds. The first-order valence-corrected chi connectivity index (χ1v) is 7.17. The molecule has 7 aliphatic rings. The van der Waals surface area contributed by atoms with E-state index in [0.717, 1.165) is 5.41 Å². The van der Waals surface area contributed by atoms with Gasteiger partial charge in [-0.3, -0.25) is 0 Å². The maximum absolute atomic E-state index is 3.91. The third kappa shape index (κ3) is 0.358. The lowest BCUT2D eigenvalue weighted by Crippen LogP contribution is -2.20. The maximum atomic E-state index is 3.91. The van der Waals surface area contributed by atoms with Crippen molar-refractivity contribution >= 4 is 31.9 Å². The van der Waals surface area contributed by atoms with Crippen molar-refractivity contribution in [2.45, 2.75) is 9.65 Å². The Labute approximate surface area is 94.1 Å². The highest BCUT2D eigenvalue weighted by Gasteiger charge is 3.01. The Balaban J connectivity index is 1.69. The number of alkyl halides is 2. The van der Waals surface area contributed by atoms with E-state index in [1.807, 2.05) is 0 Å². The van der Waals surface area contributed by atoms with Crippen LogP contribution in [0.3, 0.4) is 0 Å². The number of hydrogen-bond acceptors (Lipinski definition) is 0. The molecule has 0 aromatic rings. The van der Waals surface area contributed by atoms with Gasteiger partial charge in [-0.2, -0.15) is 0 Å². The molecule has 0 nitrogen and oxygen atoms in total. The predicted octanol–water partition coefficient (Wildman–Crippen LogP) is 2.86. The van der Waals surface area contributed by atoms with Gasteiger partial charge in [0.25, 0.3) is 0 Å². The largest absolute Gasteiger partial charge is 0.0874 e. The molecule has 2 bridgehead atoms. The van der Waals surface area contributed by atoms with Crippen LogP contribution in [0.5, 0.6) is 0 Å². The van der Waals surface area contributed by atoms with Crippen LogP contribution in [0.25, 0.3) is 0 Å². The van der Waals surface area contributed by atoms with E-state index < -0.39 is 0 Å². The van der Waals surface area contributed by atoms with Gasteiger partial charge in [-0.05, 0) is 53.8 Å². The topological polar surface area (TPSA) is 0 Å². The van der Waals surface area contributed by atoms with Gasteiger partial charge in [-0.15, -0.1) is 0 Å². The van der Waals surface area contributed by atoms with Gasteiger partial charge < -0.3 is 0 Å². The standard InChI is InChI=1S/C11H10Br2/c12-11(13)1-10(11)8-4-2-3-6(8)7(3)9(10)5(2)4/h2-9H,1H2. The number of halogens is 2. The minimum Gasteiger partial charge on any atom is -0.0721 e. The van der Waals surface area contributed by atoms with Crippen LogP contribution in [0.15, 0.2) is 0 Å². The summed E-state index contributed by atoms with van der Waals surface area (Å²) in [5, 5.41) is 0. The van der Waals surface area contributed by atoms with Crippen molar-refractivity contribution in [1.29, 1.82) is 0 Å². The third-order valence-electron chi connectivity index (χ3n) is 6.75. The van der Waals surface area contributed by atoms with Gasteiger partial charge in [0.05, 0.1) is 3.23 Å². The van der Waals surface area contributed by atoms with Crippen molar-refractivity contribution in [3.63, 3.8) is 0 Å². The van der Waals surface area contributed by atoms with Crippen molar-refractivity contribution < 1.29 is 0 Å². The van der Waals surface area contributed by atoms with Crippen molar-refractivity contribution in [1.82, 2.24) is 0 Å². The van der Waals surface area contributed by atoms with Gasteiger partial charge in [0.1, 0.15) is 0 Å². The molecule has 0 N–H and O–H groups in total. The van der Waals surface area contributed by atoms with E-state index in [0.29, 0.717) is 3.23 Å². The summed E-state index contributed by atoms with van der Waals surface area (Å²) in [6.07, 6.45) is 1.44. The smallest absolute Gasteiger partial charge is 0.0721 e. The molecule has 7 fully saturated rings. The maximum Gasteiger partial charge on any atom is 0.0874 e. The van der Waals surface area contributed by atoms with Crippen LogP contribution in [-0.2, 0) is 0 Å². The average molecular weight is 302 g/mol. The SMILES string of the molecule is BrC1(Br)CC12C1C3C4C5C1C5C2C43. The first kappa shape index (κ1) is 6.52. The third-order valence-corrected chi connectivity index (χ3v) is 8.79. The zero-order valence-electron chi connectivity index (χ0n) is 7.08. The first-order chi connectivity index (χ1) is 6.20. The van der Waals surface area contributed by atoms with E-state index in [4.69, 9.17) is 0 Å². The van der Waals surface area contributed by atoms with E-state index >= 15 is 0 Å². The summed E-state index contributed by atoms with van der Waals surface area (Å²) in [5.74, 6) is 9.74. The summed E-state index contributed by atoms with van der Waals surface area (Å²) in [5.41, 5.74) is 0.765. The Morgan fingerprint density at radius 3 is 1.46 bits per heavy atom. The second-order valence-electron chi connectivity index (χ2n) is 6.44. The lowest BCUT2D eigenvalue weighted by Gasteiger charge is -2.21. The normalized spacial score (nSPS) is 90.9. The fraction of sp³-hybridized carbons (Fsp3) is 1.00. The number of hydrogen-bond donors (Lipinski definition) is 0. The van der Waals surface area contributed by atoms with E-state index in [2.05, 4.69) is 31.9 Å². The van der Waals surface area contributed by atoms with E-state index in [9.17, 15) is 0 Å². The highest BCUT2D eigenvalue weighted by Crippen LogP contribution is 3.04. The Bertz CT molecular complexity index is 342. The van der Waals surface area contributed by atoms with Gasteiger partial charge in [-0.25, -0.2) is 0 Å². The molecule has 0 heterocycles. The quantitative estimate of drug-likeness (QED) is 0.604. The summed E-state index contributed by atoms with van der Waals surface area (Å²) < 4.78 is 0.391. The summed E-state index contributed by atoms with van der Waals surface area (Å²) in [6, 6.07) is 0. The predicted molar refractivity (Wildman–Crippen MR) is 55.6 cm³/mol. The van der Waals surface area contributed by atoms with Crippen LogP contribution in [0.1, 0.15) is 6.42 Å². The van der Waals surface area contributed by atoms with Gasteiger partial charge in [0, 0.05) is 5.41 Å². The summed E-state index contributed by atoms with van der Waals surface area (Å²) in [6.45, 7) is 0. The lowest BCUT2D eigenvalue weighted by molar-refractivity contribution is 0.303. The molecule has 0 aliphatic heterocycles. The fourth-order valence-corrected chi connectivity index (χ4v) is 8.85. The van der Waals surface area contributed by atoms with Crippen LogP contribution < -0.4 is 0 Å². The molecular weight excluding hydrogens is 292 g/mol. The molecule has 0 saturated heterocycles. The van der Waals surface area contributed by atoms with Crippen LogP contribution in [0.4, 0.5) is 0 Å². The molecule has 7 rings (SSSR count). The van der Waals surface area contributed by atoms with Gasteiger partial charge in [0.2, 0.25) is 0 Å². The summed E-state index contributed by atoms with van der Waals surface area (Å²) in [7, 11) is 0. The molecule has 0 radical (unpaired) electrons. The average Bonchev–Trinajstić information content (AvgIpc) is 2.94. The minimum atomic E-state index is 0.391. The highest BCUT2D eigenvalue weighted by molar-refractivity contribution is 9.25. The lowest BCUT2D eigenvalue weighted by atomic mass is 9.88. The summed E-state index contributed by atoms with van der Waals surface area (Å²) >= 11 is 7.83. The fourth-order valence-electron chi connectivity index (χ4n) is 6.87. The molecule has 2 heteroatoms. The van der Waals surface area contributed by atoms with Gasteiger partial charge in [0.15, 0.2) is 0 Å².